The molecule has 0 unspecified atom stereocenters. The maximum absolute atomic E-state index is 11.7. The SMILES string of the molecule is N#CCCOC(=O)c1cc2c(cc1Cl)COB2O. The minimum Gasteiger partial charge on any atom is -0.461 e. The van der Waals surface area contributed by atoms with Crippen LogP contribution in [-0.4, -0.2) is 24.7 Å². The summed E-state index contributed by atoms with van der Waals surface area (Å²) in [5.74, 6) is -0.614. The predicted molar refractivity (Wildman–Crippen MR) is 64.4 cm³/mol. The summed E-state index contributed by atoms with van der Waals surface area (Å²) < 4.78 is 9.89. The molecule has 0 atom stereocenters. The Kier molecular flexibility index (Phi) is 3.87. The predicted octanol–water partition coefficient (Wildman–Crippen LogP) is 0.628. The number of esters is 1. The van der Waals surface area contributed by atoms with Gasteiger partial charge < -0.3 is 14.4 Å². The molecule has 92 valence electrons. The molecule has 7 heteroatoms. The molecule has 1 aromatic rings. The van der Waals surface area contributed by atoms with Crippen molar-refractivity contribution in [3.8, 4) is 6.07 Å². The van der Waals surface area contributed by atoms with Gasteiger partial charge in [-0.05, 0) is 23.2 Å². The van der Waals surface area contributed by atoms with Crippen LogP contribution < -0.4 is 5.46 Å². The third kappa shape index (κ3) is 2.48. The lowest BCUT2D eigenvalue weighted by molar-refractivity contribution is 0.0513. The summed E-state index contributed by atoms with van der Waals surface area (Å²) in [6.45, 7) is 0.280. The van der Waals surface area contributed by atoms with Crippen molar-refractivity contribution < 1.29 is 19.2 Å². The summed E-state index contributed by atoms with van der Waals surface area (Å²) in [6, 6.07) is 4.91. The van der Waals surface area contributed by atoms with Gasteiger partial charge in [-0.3, -0.25) is 0 Å². The van der Waals surface area contributed by atoms with E-state index in [-0.39, 0.29) is 30.2 Å². The third-order valence-corrected chi connectivity index (χ3v) is 2.87. The summed E-state index contributed by atoms with van der Waals surface area (Å²) in [4.78, 5) is 11.7. The molecule has 1 aromatic carbocycles. The molecule has 18 heavy (non-hydrogen) atoms. The van der Waals surface area contributed by atoms with Crippen molar-refractivity contribution in [1.82, 2.24) is 0 Å². The van der Waals surface area contributed by atoms with Gasteiger partial charge in [-0.2, -0.15) is 5.26 Å². The highest BCUT2D eigenvalue weighted by molar-refractivity contribution is 6.61. The number of nitriles is 1. The summed E-state index contributed by atoms with van der Waals surface area (Å²) in [7, 11) is -1.04. The second-order valence-corrected chi connectivity index (χ2v) is 4.15. The van der Waals surface area contributed by atoms with Crippen molar-refractivity contribution in [2.24, 2.45) is 0 Å². The van der Waals surface area contributed by atoms with Crippen LogP contribution in [0.4, 0.5) is 0 Å². The molecule has 1 aliphatic rings. The van der Waals surface area contributed by atoms with E-state index in [4.69, 9.17) is 26.3 Å². The molecular formula is C11H9BClNO4. The first-order valence-electron chi connectivity index (χ1n) is 5.29. The van der Waals surface area contributed by atoms with Gasteiger partial charge in [0.2, 0.25) is 0 Å². The van der Waals surface area contributed by atoms with E-state index in [1.807, 2.05) is 6.07 Å². The number of fused-ring (bicyclic) bond motifs is 1. The third-order valence-electron chi connectivity index (χ3n) is 2.56. The molecule has 0 saturated carbocycles. The average Bonchev–Trinajstić information content (AvgIpc) is 2.69. The molecule has 0 fully saturated rings. The van der Waals surface area contributed by atoms with E-state index in [1.54, 1.807) is 6.07 Å². The van der Waals surface area contributed by atoms with Gasteiger partial charge in [0.05, 0.1) is 29.7 Å². The van der Waals surface area contributed by atoms with Gasteiger partial charge in [0, 0.05) is 0 Å². The lowest BCUT2D eigenvalue weighted by atomic mass is 9.79. The van der Waals surface area contributed by atoms with Crippen LogP contribution >= 0.6 is 11.6 Å². The number of carbonyl (C=O) groups excluding carboxylic acids is 1. The normalized spacial score (nSPS) is 13.1. The Labute approximate surface area is 109 Å². The van der Waals surface area contributed by atoms with Crippen LogP contribution in [0.25, 0.3) is 0 Å². The van der Waals surface area contributed by atoms with E-state index in [2.05, 4.69) is 0 Å². The number of carbonyl (C=O) groups is 1. The highest BCUT2D eigenvalue weighted by atomic mass is 35.5. The van der Waals surface area contributed by atoms with Crippen LogP contribution in [0, 0.1) is 11.3 Å². The van der Waals surface area contributed by atoms with Crippen LogP contribution in [0.15, 0.2) is 12.1 Å². The Hall–Kier alpha value is -1.55. The molecule has 0 saturated heterocycles. The van der Waals surface area contributed by atoms with Crippen LogP contribution in [0.3, 0.4) is 0 Å². The number of hydrogen-bond donors (Lipinski definition) is 1. The number of rotatable bonds is 3. The maximum Gasteiger partial charge on any atom is 0.491 e. The van der Waals surface area contributed by atoms with E-state index in [1.165, 1.54) is 6.07 Å². The quantitative estimate of drug-likeness (QED) is 0.492. The summed E-state index contributed by atoms with van der Waals surface area (Å²) in [5, 5.41) is 18.1. The zero-order valence-electron chi connectivity index (χ0n) is 9.35. The van der Waals surface area contributed by atoms with E-state index in [0.29, 0.717) is 5.46 Å². The van der Waals surface area contributed by atoms with Crippen molar-refractivity contribution >= 4 is 30.2 Å². The largest absolute Gasteiger partial charge is 0.491 e. The van der Waals surface area contributed by atoms with Crippen molar-refractivity contribution in [3.63, 3.8) is 0 Å². The van der Waals surface area contributed by atoms with Crippen molar-refractivity contribution in [3.05, 3.63) is 28.3 Å². The smallest absolute Gasteiger partial charge is 0.461 e. The monoisotopic (exact) mass is 265 g/mol. The Morgan fingerprint density at radius 1 is 1.67 bits per heavy atom. The zero-order chi connectivity index (χ0) is 13.1. The van der Waals surface area contributed by atoms with Crippen LogP contribution in [0.1, 0.15) is 22.3 Å². The van der Waals surface area contributed by atoms with E-state index >= 15 is 0 Å². The minimum atomic E-state index is -1.04. The molecule has 0 amide bonds. The second kappa shape index (κ2) is 5.40. The van der Waals surface area contributed by atoms with Gasteiger partial charge >= 0.3 is 13.1 Å². The molecule has 0 aliphatic carbocycles. The molecule has 0 spiro atoms. The lowest BCUT2D eigenvalue weighted by Gasteiger charge is -2.07. The molecule has 0 aromatic heterocycles. The minimum absolute atomic E-state index is 0.0157. The summed E-state index contributed by atoms with van der Waals surface area (Å²) in [5.41, 5.74) is 1.44. The fourth-order valence-corrected chi connectivity index (χ4v) is 1.93. The van der Waals surface area contributed by atoms with Crippen molar-refractivity contribution in [2.75, 3.05) is 6.61 Å². The molecule has 1 N–H and O–H groups in total. The zero-order valence-corrected chi connectivity index (χ0v) is 10.1. The first-order valence-corrected chi connectivity index (χ1v) is 5.67. The van der Waals surface area contributed by atoms with Gasteiger partial charge in [-0.15, -0.1) is 0 Å². The molecule has 5 nitrogen and oxygen atoms in total. The fraction of sp³-hybridized carbons (Fsp3) is 0.273. The first-order chi connectivity index (χ1) is 8.63. The van der Waals surface area contributed by atoms with Crippen molar-refractivity contribution in [2.45, 2.75) is 13.0 Å². The highest BCUT2D eigenvalue weighted by Gasteiger charge is 2.29. The molecule has 0 radical (unpaired) electrons. The Morgan fingerprint density at radius 3 is 3.17 bits per heavy atom. The van der Waals surface area contributed by atoms with Gasteiger partial charge in [0.1, 0.15) is 6.61 Å². The number of ether oxygens (including phenoxy) is 1. The lowest BCUT2D eigenvalue weighted by Crippen LogP contribution is -2.29. The fourth-order valence-electron chi connectivity index (χ4n) is 1.67. The first kappa shape index (κ1) is 12.9. The molecule has 1 heterocycles. The van der Waals surface area contributed by atoms with E-state index in [9.17, 15) is 9.82 Å². The molecule has 0 bridgehead atoms. The second-order valence-electron chi connectivity index (χ2n) is 3.74. The van der Waals surface area contributed by atoms with E-state index < -0.39 is 13.1 Å². The number of hydrogen-bond acceptors (Lipinski definition) is 5. The molecular weight excluding hydrogens is 256 g/mol. The topological polar surface area (TPSA) is 79.5 Å². The average molecular weight is 265 g/mol. The number of benzene rings is 1. The van der Waals surface area contributed by atoms with Gasteiger partial charge in [0.25, 0.3) is 0 Å². The standard InChI is InChI=1S/C11H9BClNO4/c13-10-4-7-6-18-12(16)9(7)5-8(10)11(15)17-3-1-2-14/h4-5,16H,1,3,6H2. The van der Waals surface area contributed by atoms with Crippen molar-refractivity contribution in [1.29, 1.82) is 5.26 Å². The molecule has 2 rings (SSSR count). The number of nitrogens with zero attached hydrogens (tertiary/aromatic N) is 1. The van der Waals surface area contributed by atoms with Crippen LogP contribution in [0.2, 0.25) is 5.02 Å². The highest BCUT2D eigenvalue weighted by Crippen LogP contribution is 2.21. The van der Waals surface area contributed by atoms with E-state index in [0.717, 1.165) is 5.56 Å². The maximum atomic E-state index is 11.7. The Balaban J connectivity index is 2.21. The van der Waals surface area contributed by atoms with Crippen LogP contribution in [-0.2, 0) is 16.0 Å². The Bertz CT molecular complexity index is 529. The van der Waals surface area contributed by atoms with Gasteiger partial charge in [-0.25, -0.2) is 4.79 Å². The van der Waals surface area contributed by atoms with Gasteiger partial charge in [-0.1, -0.05) is 11.6 Å². The van der Waals surface area contributed by atoms with Gasteiger partial charge in [0.15, 0.2) is 0 Å². The molecule has 1 aliphatic heterocycles. The van der Waals surface area contributed by atoms with Crippen LogP contribution in [0.5, 0.6) is 0 Å². The Morgan fingerprint density at radius 2 is 2.44 bits per heavy atom. The summed E-state index contributed by atoms with van der Waals surface area (Å²) >= 11 is 5.96. The number of halogens is 1. The summed E-state index contributed by atoms with van der Waals surface area (Å²) in [6.07, 6.45) is 0.125.